The zero-order valence-electron chi connectivity index (χ0n) is 20.9. The molecule has 9 heteroatoms. The van der Waals surface area contributed by atoms with Gasteiger partial charge in [0.1, 0.15) is 18.1 Å². The largest absolute Gasteiger partial charge is 0.456 e. The van der Waals surface area contributed by atoms with Gasteiger partial charge in [-0.25, -0.2) is 5.48 Å². The van der Waals surface area contributed by atoms with Gasteiger partial charge in [-0.3, -0.25) is 14.8 Å². The van der Waals surface area contributed by atoms with Crippen molar-refractivity contribution in [1.29, 1.82) is 0 Å². The fraction of sp³-hybridized carbons (Fsp3) is 0.241. The normalized spacial score (nSPS) is 12.7. The average molecular weight is 628 g/mol. The average Bonchev–Trinajstić information content (AvgIpc) is 3.37. The van der Waals surface area contributed by atoms with Gasteiger partial charge in [-0.2, -0.15) is 0 Å². The molecule has 0 fully saturated rings. The van der Waals surface area contributed by atoms with E-state index in [0.717, 1.165) is 31.4 Å². The highest BCUT2D eigenvalue weighted by atomic mass is 127. The maximum atomic E-state index is 12.9. The number of carbonyl (C=O) groups is 2. The number of ether oxygens (including phenoxy) is 2. The van der Waals surface area contributed by atoms with Gasteiger partial charge in [0.25, 0.3) is 5.91 Å². The van der Waals surface area contributed by atoms with E-state index in [2.05, 4.69) is 27.9 Å². The number of hydrogen-bond donors (Lipinski definition) is 3. The number of halogens is 1. The fourth-order valence-corrected chi connectivity index (χ4v) is 4.60. The molecule has 2 amide bonds. The Balaban J connectivity index is 1.47. The van der Waals surface area contributed by atoms with Gasteiger partial charge < -0.3 is 19.2 Å². The van der Waals surface area contributed by atoms with Gasteiger partial charge >= 0.3 is 0 Å². The molecule has 3 aromatic carbocycles. The Morgan fingerprint density at radius 1 is 1.03 bits per heavy atom. The van der Waals surface area contributed by atoms with E-state index < -0.39 is 17.9 Å². The molecule has 1 heterocycles. The predicted octanol–water partition coefficient (Wildman–Crippen LogP) is 5.18. The number of fused-ring (bicyclic) bond motifs is 1. The number of amides is 2. The molecular weight excluding hydrogens is 599 g/mol. The molecule has 198 valence electrons. The van der Waals surface area contributed by atoms with Crippen molar-refractivity contribution in [3.63, 3.8) is 0 Å². The van der Waals surface area contributed by atoms with Crippen molar-refractivity contribution in [3.05, 3.63) is 93.6 Å². The third-order valence-corrected chi connectivity index (χ3v) is 6.88. The highest BCUT2D eigenvalue weighted by molar-refractivity contribution is 14.1. The Bertz CT molecular complexity index is 1320. The maximum absolute atomic E-state index is 12.9. The second-order valence-electron chi connectivity index (χ2n) is 8.91. The molecule has 0 aliphatic carbocycles. The highest BCUT2D eigenvalue weighted by Crippen LogP contribution is 2.28. The number of para-hydroxylation sites is 1. The van der Waals surface area contributed by atoms with E-state index in [-0.39, 0.29) is 25.7 Å². The minimum absolute atomic E-state index is 0.0516. The highest BCUT2D eigenvalue weighted by Gasteiger charge is 2.25. The van der Waals surface area contributed by atoms with E-state index in [0.29, 0.717) is 12.0 Å². The number of methoxy groups -OCH3 is 1. The summed E-state index contributed by atoms with van der Waals surface area (Å²) in [6.07, 6.45) is 0.602. The molecule has 0 bridgehead atoms. The van der Waals surface area contributed by atoms with Crippen LogP contribution in [0.2, 0.25) is 0 Å². The molecule has 4 rings (SSSR count). The monoisotopic (exact) mass is 628 g/mol. The van der Waals surface area contributed by atoms with Gasteiger partial charge in [-0.05, 0) is 77.4 Å². The lowest BCUT2D eigenvalue weighted by Crippen LogP contribution is -2.42. The van der Waals surface area contributed by atoms with Gasteiger partial charge in [0.15, 0.2) is 0 Å². The van der Waals surface area contributed by atoms with E-state index in [1.54, 1.807) is 17.6 Å². The zero-order chi connectivity index (χ0) is 26.9. The summed E-state index contributed by atoms with van der Waals surface area (Å²) < 4.78 is 17.4. The van der Waals surface area contributed by atoms with E-state index in [4.69, 9.17) is 13.9 Å². The molecule has 0 spiro atoms. The van der Waals surface area contributed by atoms with Crippen LogP contribution >= 0.6 is 22.6 Å². The molecule has 0 saturated carbocycles. The van der Waals surface area contributed by atoms with E-state index in [1.165, 1.54) is 7.11 Å². The number of benzene rings is 3. The van der Waals surface area contributed by atoms with Crippen LogP contribution in [0, 0.1) is 9.49 Å². The molecule has 2 unspecified atom stereocenters. The Morgan fingerprint density at radius 3 is 2.45 bits per heavy atom. The second-order valence-corrected chi connectivity index (χ2v) is 10.2. The second kappa shape index (κ2) is 13.5. The molecule has 2 atom stereocenters. The first-order valence-corrected chi connectivity index (χ1v) is 13.2. The summed E-state index contributed by atoms with van der Waals surface area (Å²) in [5.74, 6) is -0.668. The Hall–Kier alpha value is -3.25. The van der Waals surface area contributed by atoms with Crippen LogP contribution in [0.3, 0.4) is 0 Å². The van der Waals surface area contributed by atoms with Crippen molar-refractivity contribution in [2.45, 2.75) is 18.9 Å². The molecule has 38 heavy (non-hydrogen) atoms. The van der Waals surface area contributed by atoms with Crippen LogP contribution < -0.4 is 10.8 Å². The molecule has 0 saturated heterocycles. The van der Waals surface area contributed by atoms with Gasteiger partial charge in [-0.15, -0.1) is 0 Å². The summed E-state index contributed by atoms with van der Waals surface area (Å²) in [7, 11) is 1.51. The summed E-state index contributed by atoms with van der Waals surface area (Å²) in [6.45, 7) is 0.195. The SMILES string of the molecule is COCOCC(CC(Cc1ccc(-c2cc3ccccc3o2)cc1)C(=O)NO)NC(=O)c1ccc(I)cc1. The van der Waals surface area contributed by atoms with Gasteiger partial charge in [0.05, 0.1) is 12.6 Å². The third-order valence-electron chi connectivity index (χ3n) is 6.16. The van der Waals surface area contributed by atoms with E-state index in [9.17, 15) is 14.8 Å². The third kappa shape index (κ3) is 7.41. The van der Waals surface area contributed by atoms with Crippen LogP contribution in [0.5, 0.6) is 0 Å². The first-order chi connectivity index (χ1) is 18.5. The first-order valence-electron chi connectivity index (χ1n) is 12.1. The van der Waals surface area contributed by atoms with Gasteiger partial charge in [0.2, 0.25) is 5.91 Å². The number of nitrogens with one attached hydrogen (secondary N) is 2. The Labute approximate surface area is 234 Å². The summed E-state index contributed by atoms with van der Waals surface area (Å²) in [4.78, 5) is 25.5. The lowest BCUT2D eigenvalue weighted by atomic mass is 9.91. The van der Waals surface area contributed by atoms with Crippen LogP contribution in [0.25, 0.3) is 22.3 Å². The van der Waals surface area contributed by atoms with Crippen molar-refractivity contribution >= 4 is 45.4 Å². The van der Waals surface area contributed by atoms with E-state index >= 15 is 0 Å². The summed E-state index contributed by atoms with van der Waals surface area (Å²) in [5.41, 5.74) is 4.92. The Morgan fingerprint density at radius 2 is 1.76 bits per heavy atom. The number of hydrogen-bond acceptors (Lipinski definition) is 6. The molecule has 1 aromatic heterocycles. The lowest BCUT2D eigenvalue weighted by molar-refractivity contribution is -0.134. The van der Waals surface area contributed by atoms with Gasteiger partial charge in [-0.1, -0.05) is 42.5 Å². The molecule has 3 N–H and O–H groups in total. The molecule has 0 radical (unpaired) electrons. The first kappa shape index (κ1) is 27.8. The quantitative estimate of drug-likeness (QED) is 0.0657. The standard InChI is InChI=1S/C29H29IN2O6/c1-36-18-37-17-25(31-28(33)21-10-12-24(30)13-11-21)15-23(29(34)32-35)14-19-6-8-20(9-7-19)27-16-22-4-2-3-5-26(22)38-27/h2-13,16,23,25,35H,14-15,17-18H2,1H3,(H,31,33)(H,32,34). The van der Waals surface area contributed by atoms with Crippen LogP contribution in [0.15, 0.2) is 83.3 Å². The molecular formula is C29H29IN2O6. The van der Waals surface area contributed by atoms with Crippen LogP contribution in [-0.4, -0.2) is 43.6 Å². The topological polar surface area (TPSA) is 110 Å². The van der Waals surface area contributed by atoms with Crippen molar-refractivity contribution in [2.75, 3.05) is 20.5 Å². The number of rotatable bonds is 12. The minimum atomic E-state index is -0.620. The van der Waals surface area contributed by atoms with Crippen LogP contribution in [0.1, 0.15) is 22.3 Å². The fourth-order valence-electron chi connectivity index (χ4n) is 4.24. The number of hydroxylamine groups is 1. The van der Waals surface area contributed by atoms with Crippen LogP contribution in [-0.2, 0) is 20.7 Å². The predicted molar refractivity (Wildman–Crippen MR) is 152 cm³/mol. The van der Waals surface area contributed by atoms with Crippen LogP contribution in [0.4, 0.5) is 0 Å². The number of furan rings is 1. The Kier molecular flexibility index (Phi) is 9.88. The van der Waals surface area contributed by atoms with E-state index in [1.807, 2.05) is 66.7 Å². The summed E-state index contributed by atoms with van der Waals surface area (Å²) >= 11 is 2.17. The molecule has 0 aliphatic rings. The molecule has 8 nitrogen and oxygen atoms in total. The molecule has 0 aliphatic heterocycles. The summed E-state index contributed by atoms with van der Waals surface area (Å²) in [5, 5.41) is 13.4. The zero-order valence-corrected chi connectivity index (χ0v) is 23.0. The van der Waals surface area contributed by atoms with Crippen molar-refractivity contribution in [1.82, 2.24) is 10.8 Å². The lowest BCUT2D eigenvalue weighted by Gasteiger charge is -2.24. The van der Waals surface area contributed by atoms with Crippen molar-refractivity contribution < 1.29 is 28.7 Å². The maximum Gasteiger partial charge on any atom is 0.251 e. The molecule has 4 aromatic rings. The number of carbonyl (C=O) groups excluding carboxylic acids is 2. The van der Waals surface area contributed by atoms with Gasteiger partial charge in [0, 0.05) is 33.1 Å². The minimum Gasteiger partial charge on any atom is -0.456 e. The smallest absolute Gasteiger partial charge is 0.251 e. The summed E-state index contributed by atoms with van der Waals surface area (Å²) in [6, 6.07) is 24.3. The van der Waals surface area contributed by atoms with Crippen molar-refractivity contribution in [3.8, 4) is 11.3 Å². The van der Waals surface area contributed by atoms with Crippen molar-refractivity contribution in [2.24, 2.45) is 5.92 Å².